The molecule has 0 saturated heterocycles. The molecule has 0 aliphatic heterocycles. The van der Waals surface area contributed by atoms with Gasteiger partial charge in [0, 0.05) is 11.4 Å². The standard InChI is InChI=1S/C12H18N4S.HI/c1-5-7-14-12(13-6-2)15-8-11-9(3)16-10(4)17-11;/h1H,6-8H2,2-4H3,(H2,13,14,15);1H. The molecule has 0 aromatic carbocycles. The van der Waals surface area contributed by atoms with Gasteiger partial charge in [-0.05, 0) is 20.8 Å². The van der Waals surface area contributed by atoms with Crippen molar-refractivity contribution in [2.75, 3.05) is 13.1 Å². The average molecular weight is 378 g/mol. The zero-order valence-corrected chi connectivity index (χ0v) is 14.1. The number of rotatable bonds is 4. The molecule has 0 radical (unpaired) electrons. The molecule has 1 aromatic heterocycles. The van der Waals surface area contributed by atoms with Crippen LogP contribution in [-0.4, -0.2) is 24.0 Å². The Morgan fingerprint density at radius 1 is 1.44 bits per heavy atom. The molecule has 0 amide bonds. The van der Waals surface area contributed by atoms with Crippen LogP contribution < -0.4 is 10.6 Å². The lowest BCUT2D eigenvalue weighted by Gasteiger charge is -2.08. The summed E-state index contributed by atoms with van der Waals surface area (Å²) in [4.78, 5) is 10.0. The van der Waals surface area contributed by atoms with Crippen molar-refractivity contribution in [3.8, 4) is 12.3 Å². The van der Waals surface area contributed by atoms with Gasteiger partial charge in [0.15, 0.2) is 5.96 Å². The molecule has 0 aliphatic carbocycles. The number of terminal acetylenes is 1. The highest BCUT2D eigenvalue weighted by atomic mass is 127. The van der Waals surface area contributed by atoms with Crippen LogP contribution in [0.3, 0.4) is 0 Å². The fourth-order valence-electron chi connectivity index (χ4n) is 1.35. The summed E-state index contributed by atoms with van der Waals surface area (Å²) in [6.07, 6.45) is 5.20. The Morgan fingerprint density at radius 2 is 2.17 bits per heavy atom. The molecule has 0 bridgehead atoms. The van der Waals surface area contributed by atoms with Crippen molar-refractivity contribution in [3.63, 3.8) is 0 Å². The number of aliphatic imine (C=N–C) groups is 1. The first-order chi connectivity index (χ1) is 8.17. The summed E-state index contributed by atoms with van der Waals surface area (Å²) in [5, 5.41) is 7.27. The molecule has 4 nitrogen and oxygen atoms in total. The Hall–Kier alpha value is -0.810. The zero-order chi connectivity index (χ0) is 12.7. The van der Waals surface area contributed by atoms with Crippen LogP contribution in [0, 0.1) is 26.2 Å². The van der Waals surface area contributed by atoms with Crippen molar-refractivity contribution in [1.82, 2.24) is 15.6 Å². The van der Waals surface area contributed by atoms with Gasteiger partial charge in [0.1, 0.15) is 0 Å². The number of halogens is 1. The van der Waals surface area contributed by atoms with Crippen LogP contribution in [0.5, 0.6) is 0 Å². The van der Waals surface area contributed by atoms with Crippen molar-refractivity contribution in [1.29, 1.82) is 0 Å². The number of hydrogen-bond donors (Lipinski definition) is 2. The maximum atomic E-state index is 5.20. The second kappa shape index (κ2) is 9.16. The summed E-state index contributed by atoms with van der Waals surface area (Å²) in [6, 6.07) is 0. The largest absolute Gasteiger partial charge is 0.357 e. The van der Waals surface area contributed by atoms with Crippen molar-refractivity contribution in [2.24, 2.45) is 4.99 Å². The van der Waals surface area contributed by atoms with Gasteiger partial charge in [0.05, 0.1) is 23.8 Å². The summed E-state index contributed by atoms with van der Waals surface area (Å²) >= 11 is 1.68. The molecule has 0 atom stereocenters. The first kappa shape index (κ1) is 17.2. The topological polar surface area (TPSA) is 49.3 Å². The smallest absolute Gasteiger partial charge is 0.192 e. The molecule has 0 aliphatic rings. The van der Waals surface area contributed by atoms with Crippen LogP contribution in [0.4, 0.5) is 0 Å². The van der Waals surface area contributed by atoms with Gasteiger partial charge >= 0.3 is 0 Å². The fourth-order valence-corrected chi connectivity index (χ4v) is 2.21. The van der Waals surface area contributed by atoms with E-state index in [0.29, 0.717) is 13.1 Å². The third kappa shape index (κ3) is 5.69. The lowest BCUT2D eigenvalue weighted by atomic mass is 10.4. The number of thiazole rings is 1. The van der Waals surface area contributed by atoms with Gasteiger partial charge in [-0.25, -0.2) is 9.98 Å². The summed E-state index contributed by atoms with van der Waals surface area (Å²) in [5.41, 5.74) is 1.06. The summed E-state index contributed by atoms with van der Waals surface area (Å²) in [7, 11) is 0. The predicted octanol–water partition coefficient (Wildman–Crippen LogP) is 2.07. The minimum Gasteiger partial charge on any atom is -0.357 e. The lowest BCUT2D eigenvalue weighted by Crippen LogP contribution is -2.37. The van der Waals surface area contributed by atoms with E-state index in [2.05, 4.69) is 26.5 Å². The Morgan fingerprint density at radius 3 is 2.67 bits per heavy atom. The number of aryl methyl sites for hydroxylation is 2. The molecule has 0 unspecified atom stereocenters. The van der Waals surface area contributed by atoms with E-state index >= 15 is 0 Å². The summed E-state index contributed by atoms with van der Waals surface area (Å²) in [5.74, 6) is 3.27. The number of aromatic nitrogens is 1. The van der Waals surface area contributed by atoms with Crippen molar-refractivity contribution < 1.29 is 0 Å². The van der Waals surface area contributed by atoms with Gasteiger partial charge < -0.3 is 10.6 Å². The SMILES string of the molecule is C#CCNC(=NCc1sc(C)nc1C)NCC.I. The van der Waals surface area contributed by atoms with Crippen LogP contribution in [0.25, 0.3) is 0 Å². The van der Waals surface area contributed by atoms with Crippen LogP contribution in [0.1, 0.15) is 22.5 Å². The van der Waals surface area contributed by atoms with E-state index in [1.807, 2.05) is 20.8 Å². The minimum absolute atomic E-state index is 0. The molecule has 6 heteroatoms. The molecule has 0 fully saturated rings. The number of hydrogen-bond acceptors (Lipinski definition) is 3. The molecule has 100 valence electrons. The van der Waals surface area contributed by atoms with Gasteiger partial charge in [0.25, 0.3) is 0 Å². The molecule has 1 heterocycles. The van der Waals surface area contributed by atoms with Gasteiger partial charge in [-0.3, -0.25) is 0 Å². The third-order valence-electron chi connectivity index (χ3n) is 2.08. The zero-order valence-electron chi connectivity index (χ0n) is 10.9. The van der Waals surface area contributed by atoms with Crippen LogP contribution in [-0.2, 0) is 6.54 Å². The predicted molar refractivity (Wildman–Crippen MR) is 88.7 cm³/mol. The maximum Gasteiger partial charge on any atom is 0.192 e. The second-order valence-corrected chi connectivity index (χ2v) is 4.78. The molecule has 1 aromatic rings. The molecule has 1 rings (SSSR count). The monoisotopic (exact) mass is 378 g/mol. The number of guanidine groups is 1. The number of nitrogens with zero attached hydrogens (tertiary/aromatic N) is 2. The van der Waals surface area contributed by atoms with E-state index in [0.717, 1.165) is 23.2 Å². The van der Waals surface area contributed by atoms with Crippen LogP contribution >= 0.6 is 35.3 Å². The molecule has 18 heavy (non-hydrogen) atoms. The van der Waals surface area contributed by atoms with Gasteiger partial charge in [-0.1, -0.05) is 5.92 Å². The third-order valence-corrected chi connectivity index (χ3v) is 3.14. The normalized spacial score (nSPS) is 10.4. The Bertz CT molecular complexity index is 434. The molecule has 0 saturated carbocycles. The first-order valence-corrected chi connectivity index (χ1v) is 6.37. The van der Waals surface area contributed by atoms with Crippen LogP contribution in [0.2, 0.25) is 0 Å². The highest BCUT2D eigenvalue weighted by molar-refractivity contribution is 14.0. The Labute approximate surface area is 130 Å². The van der Waals surface area contributed by atoms with Crippen molar-refractivity contribution >= 4 is 41.3 Å². The second-order valence-electron chi connectivity index (χ2n) is 3.49. The molecular weight excluding hydrogens is 359 g/mol. The van der Waals surface area contributed by atoms with Crippen molar-refractivity contribution in [2.45, 2.75) is 27.3 Å². The quantitative estimate of drug-likeness (QED) is 0.365. The van der Waals surface area contributed by atoms with E-state index < -0.39 is 0 Å². The minimum atomic E-state index is 0. The number of nitrogens with one attached hydrogen (secondary N) is 2. The van der Waals surface area contributed by atoms with Crippen LogP contribution in [0.15, 0.2) is 4.99 Å². The Balaban J connectivity index is 0.00000289. The fraction of sp³-hybridized carbons (Fsp3) is 0.500. The van der Waals surface area contributed by atoms with E-state index in [1.165, 1.54) is 4.88 Å². The van der Waals surface area contributed by atoms with Crippen molar-refractivity contribution in [3.05, 3.63) is 15.6 Å². The van der Waals surface area contributed by atoms with Gasteiger partial charge in [0.2, 0.25) is 0 Å². The van der Waals surface area contributed by atoms with E-state index in [9.17, 15) is 0 Å². The van der Waals surface area contributed by atoms with E-state index in [-0.39, 0.29) is 24.0 Å². The summed E-state index contributed by atoms with van der Waals surface area (Å²) in [6.45, 7) is 7.97. The van der Waals surface area contributed by atoms with E-state index in [4.69, 9.17) is 6.42 Å². The maximum absolute atomic E-state index is 5.20. The molecule has 0 spiro atoms. The molecular formula is C12H19IN4S. The highest BCUT2D eigenvalue weighted by Gasteiger charge is 2.04. The first-order valence-electron chi connectivity index (χ1n) is 5.56. The average Bonchev–Trinajstić information content (AvgIpc) is 2.61. The highest BCUT2D eigenvalue weighted by Crippen LogP contribution is 2.17. The summed E-state index contributed by atoms with van der Waals surface area (Å²) < 4.78 is 0. The lowest BCUT2D eigenvalue weighted by molar-refractivity contribution is 0.866. The van der Waals surface area contributed by atoms with Gasteiger partial charge in [-0.15, -0.1) is 41.7 Å². The Kier molecular flexibility index (Phi) is 8.75. The van der Waals surface area contributed by atoms with Gasteiger partial charge in [-0.2, -0.15) is 0 Å². The van der Waals surface area contributed by atoms with E-state index in [1.54, 1.807) is 11.3 Å². The molecule has 2 N–H and O–H groups in total.